The molecule has 0 radical (unpaired) electrons. The van der Waals surface area contributed by atoms with Crippen LogP contribution in [0.25, 0.3) is 0 Å². The molecule has 0 bridgehead atoms. The molecule has 0 aliphatic rings. The summed E-state index contributed by atoms with van der Waals surface area (Å²) in [5.41, 5.74) is -1.73. The first-order valence-corrected chi connectivity index (χ1v) is 3.90. The average Bonchev–Trinajstić information content (AvgIpc) is 2.02. The Hall–Kier alpha value is -1.52. The summed E-state index contributed by atoms with van der Waals surface area (Å²) < 4.78 is 25.6. The highest BCUT2D eigenvalue weighted by Crippen LogP contribution is 2.24. The largest absolute Gasteiger partial charge is 0.481 e. The standard InChI is InChI=1S/C9H9F2NO2/c1-9(2,8(13)14)7-6(11)3-5(10)4-12-7/h3-4H,1-2H3,(H,13,14). The molecular formula is C9H9F2NO2. The highest BCUT2D eigenvalue weighted by molar-refractivity contribution is 5.79. The van der Waals surface area contributed by atoms with E-state index in [1.165, 1.54) is 13.8 Å². The summed E-state index contributed by atoms with van der Waals surface area (Å²) in [6, 6.07) is 0.618. The van der Waals surface area contributed by atoms with Gasteiger partial charge in [-0.05, 0) is 13.8 Å². The van der Waals surface area contributed by atoms with Crippen LogP contribution >= 0.6 is 0 Å². The fourth-order valence-electron chi connectivity index (χ4n) is 0.976. The van der Waals surface area contributed by atoms with Crippen molar-refractivity contribution < 1.29 is 18.7 Å². The molecule has 0 saturated heterocycles. The SMILES string of the molecule is CC(C)(C(=O)O)c1ncc(F)cc1F. The van der Waals surface area contributed by atoms with E-state index in [0.717, 1.165) is 6.20 Å². The Kier molecular flexibility index (Phi) is 2.51. The van der Waals surface area contributed by atoms with E-state index in [-0.39, 0.29) is 5.69 Å². The van der Waals surface area contributed by atoms with Gasteiger partial charge in [0.2, 0.25) is 0 Å². The van der Waals surface area contributed by atoms with Gasteiger partial charge in [-0.2, -0.15) is 0 Å². The van der Waals surface area contributed by atoms with Crippen LogP contribution in [0.5, 0.6) is 0 Å². The molecular weight excluding hydrogens is 192 g/mol. The van der Waals surface area contributed by atoms with Crippen LogP contribution < -0.4 is 0 Å². The summed E-state index contributed by atoms with van der Waals surface area (Å²) in [6.07, 6.45) is 0.795. The molecule has 0 saturated carbocycles. The Bertz CT molecular complexity index is 377. The molecule has 1 N–H and O–H groups in total. The molecule has 0 aromatic carbocycles. The van der Waals surface area contributed by atoms with Gasteiger partial charge >= 0.3 is 5.97 Å². The van der Waals surface area contributed by atoms with Gasteiger partial charge in [0.05, 0.1) is 11.9 Å². The third kappa shape index (κ3) is 1.71. The number of carbonyl (C=O) groups is 1. The van der Waals surface area contributed by atoms with Crippen LogP contribution in [-0.2, 0) is 10.2 Å². The number of rotatable bonds is 2. The summed E-state index contributed by atoms with van der Waals surface area (Å²) in [6.45, 7) is 2.61. The zero-order valence-corrected chi connectivity index (χ0v) is 7.71. The predicted octanol–water partition coefficient (Wildman–Crippen LogP) is 1.72. The van der Waals surface area contributed by atoms with Gasteiger partial charge < -0.3 is 5.11 Å². The number of aromatic nitrogens is 1. The van der Waals surface area contributed by atoms with E-state index < -0.39 is 23.0 Å². The zero-order chi connectivity index (χ0) is 10.9. The van der Waals surface area contributed by atoms with E-state index in [9.17, 15) is 13.6 Å². The molecule has 1 heterocycles. The normalized spacial score (nSPS) is 11.4. The first kappa shape index (κ1) is 10.6. The van der Waals surface area contributed by atoms with E-state index in [0.29, 0.717) is 6.07 Å². The van der Waals surface area contributed by atoms with Crippen LogP contribution in [-0.4, -0.2) is 16.1 Å². The van der Waals surface area contributed by atoms with Gasteiger partial charge in [0.25, 0.3) is 0 Å². The zero-order valence-electron chi connectivity index (χ0n) is 7.71. The van der Waals surface area contributed by atoms with E-state index in [4.69, 9.17) is 5.11 Å². The molecule has 0 amide bonds. The second kappa shape index (κ2) is 3.32. The highest BCUT2D eigenvalue weighted by atomic mass is 19.1. The number of hydrogen-bond acceptors (Lipinski definition) is 2. The third-order valence-electron chi connectivity index (χ3n) is 1.93. The quantitative estimate of drug-likeness (QED) is 0.792. The molecule has 14 heavy (non-hydrogen) atoms. The minimum Gasteiger partial charge on any atom is -0.481 e. The Balaban J connectivity index is 3.26. The molecule has 0 fully saturated rings. The van der Waals surface area contributed by atoms with Crippen LogP contribution in [0.3, 0.4) is 0 Å². The third-order valence-corrected chi connectivity index (χ3v) is 1.93. The van der Waals surface area contributed by atoms with E-state index >= 15 is 0 Å². The highest BCUT2D eigenvalue weighted by Gasteiger charge is 2.33. The molecule has 1 aromatic heterocycles. The van der Waals surface area contributed by atoms with E-state index in [1.807, 2.05) is 0 Å². The van der Waals surface area contributed by atoms with Gasteiger partial charge in [0.1, 0.15) is 17.0 Å². The summed E-state index contributed by atoms with van der Waals surface area (Å²) in [5.74, 6) is -2.99. The second-order valence-corrected chi connectivity index (χ2v) is 3.41. The molecule has 0 aliphatic carbocycles. The van der Waals surface area contributed by atoms with Gasteiger partial charge in [-0.3, -0.25) is 9.78 Å². The summed E-state index contributed by atoms with van der Waals surface area (Å²) in [5, 5.41) is 8.79. The molecule has 76 valence electrons. The molecule has 0 atom stereocenters. The van der Waals surface area contributed by atoms with Crippen molar-refractivity contribution in [3.05, 3.63) is 29.6 Å². The average molecular weight is 201 g/mol. The van der Waals surface area contributed by atoms with Crippen LogP contribution in [0.15, 0.2) is 12.3 Å². The van der Waals surface area contributed by atoms with Crippen LogP contribution in [0.1, 0.15) is 19.5 Å². The van der Waals surface area contributed by atoms with Gasteiger partial charge in [0, 0.05) is 6.07 Å². The molecule has 0 spiro atoms. The number of nitrogens with zero attached hydrogens (tertiary/aromatic N) is 1. The van der Waals surface area contributed by atoms with Crippen LogP contribution in [0, 0.1) is 11.6 Å². The fraction of sp³-hybridized carbons (Fsp3) is 0.333. The Labute approximate surface area is 79.4 Å². The molecule has 5 heteroatoms. The minimum atomic E-state index is -1.46. The molecule has 0 aliphatic heterocycles. The minimum absolute atomic E-state index is 0.272. The lowest BCUT2D eigenvalue weighted by Crippen LogP contribution is -2.31. The van der Waals surface area contributed by atoms with Crippen molar-refractivity contribution in [2.45, 2.75) is 19.3 Å². The van der Waals surface area contributed by atoms with Crippen molar-refractivity contribution in [1.82, 2.24) is 4.98 Å². The molecule has 0 unspecified atom stereocenters. The Morgan fingerprint density at radius 3 is 2.50 bits per heavy atom. The number of carboxylic acid groups (broad SMARTS) is 1. The Morgan fingerprint density at radius 2 is 2.07 bits per heavy atom. The number of pyridine rings is 1. The first-order chi connectivity index (χ1) is 6.35. The Morgan fingerprint density at radius 1 is 1.50 bits per heavy atom. The van der Waals surface area contributed by atoms with Crippen LogP contribution in [0.4, 0.5) is 8.78 Å². The summed E-state index contributed by atoms with van der Waals surface area (Å²) in [4.78, 5) is 14.2. The number of hydrogen-bond donors (Lipinski definition) is 1. The summed E-state index contributed by atoms with van der Waals surface area (Å²) >= 11 is 0. The molecule has 3 nitrogen and oxygen atoms in total. The second-order valence-electron chi connectivity index (χ2n) is 3.41. The lowest BCUT2D eigenvalue weighted by atomic mass is 9.89. The predicted molar refractivity (Wildman–Crippen MR) is 44.8 cm³/mol. The van der Waals surface area contributed by atoms with E-state index in [2.05, 4.69) is 4.98 Å². The van der Waals surface area contributed by atoms with Gasteiger partial charge in [-0.25, -0.2) is 8.78 Å². The topological polar surface area (TPSA) is 50.2 Å². The van der Waals surface area contributed by atoms with Crippen molar-refractivity contribution in [3.8, 4) is 0 Å². The van der Waals surface area contributed by atoms with Crippen molar-refractivity contribution >= 4 is 5.97 Å². The number of carboxylic acids is 1. The van der Waals surface area contributed by atoms with Crippen molar-refractivity contribution in [1.29, 1.82) is 0 Å². The van der Waals surface area contributed by atoms with E-state index in [1.54, 1.807) is 0 Å². The van der Waals surface area contributed by atoms with Crippen molar-refractivity contribution in [2.24, 2.45) is 0 Å². The molecule has 1 aromatic rings. The maximum atomic E-state index is 13.1. The molecule has 1 rings (SSSR count). The lowest BCUT2D eigenvalue weighted by Gasteiger charge is -2.18. The number of aliphatic carboxylic acids is 1. The van der Waals surface area contributed by atoms with Crippen molar-refractivity contribution in [2.75, 3.05) is 0 Å². The lowest BCUT2D eigenvalue weighted by molar-refractivity contribution is -0.142. The van der Waals surface area contributed by atoms with Crippen LogP contribution in [0.2, 0.25) is 0 Å². The first-order valence-electron chi connectivity index (χ1n) is 3.90. The summed E-state index contributed by atoms with van der Waals surface area (Å²) in [7, 11) is 0. The van der Waals surface area contributed by atoms with Gasteiger partial charge in [-0.15, -0.1) is 0 Å². The van der Waals surface area contributed by atoms with Crippen molar-refractivity contribution in [3.63, 3.8) is 0 Å². The number of halogens is 2. The monoisotopic (exact) mass is 201 g/mol. The maximum absolute atomic E-state index is 13.1. The maximum Gasteiger partial charge on any atom is 0.315 e. The smallest absolute Gasteiger partial charge is 0.315 e. The van der Waals surface area contributed by atoms with Gasteiger partial charge in [0.15, 0.2) is 0 Å². The van der Waals surface area contributed by atoms with Gasteiger partial charge in [-0.1, -0.05) is 0 Å². The fourth-order valence-corrected chi connectivity index (χ4v) is 0.976.